The van der Waals surface area contributed by atoms with Crippen molar-refractivity contribution in [2.75, 3.05) is 5.32 Å². The molecule has 114 valence electrons. The second kappa shape index (κ2) is 5.51. The molecule has 1 aliphatic rings. The molecule has 1 N–H and O–H groups in total. The van der Waals surface area contributed by atoms with Crippen molar-refractivity contribution in [2.24, 2.45) is 0 Å². The lowest BCUT2D eigenvalue weighted by Crippen LogP contribution is -2.41. The maximum atomic E-state index is 14.3. The van der Waals surface area contributed by atoms with Crippen molar-refractivity contribution >= 4 is 35.6 Å². The van der Waals surface area contributed by atoms with Crippen LogP contribution in [0.4, 0.5) is 9.52 Å². The Morgan fingerprint density at radius 2 is 1.95 bits per heavy atom. The first-order valence-corrected chi connectivity index (χ1v) is 7.38. The molecular weight excluding hydrogens is 294 g/mol. The number of halogens is 1. The molecule has 1 aromatic heterocycles. The van der Waals surface area contributed by atoms with E-state index in [1.54, 1.807) is 0 Å². The van der Waals surface area contributed by atoms with E-state index in [9.17, 15) is 9.18 Å². The third-order valence-electron chi connectivity index (χ3n) is 3.57. The van der Waals surface area contributed by atoms with Gasteiger partial charge in [-0.05, 0) is 33.8 Å². The van der Waals surface area contributed by atoms with E-state index in [1.165, 1.54) is 30.5 Å². The quantitative estimate of drug-likeness (QED) is 0.872. The van der Waals surface area contributed by atoms with E-state index in [0.29, 0.717) is 10.0 Å². The molecule has 2 rings (SSSR count). The molecule has 1 aliphatic heterocycles. The number of carbonyl (C=O) groups is 1. The summed E-state index contributed by atoms with van der Waals surface area (Å²) >= 11 is 1.18. The van der Waals surface area contributed by atoms with E-state index >= 15 is 0 Å². The van der Waals surface area contributed by atoms with Crippen molar-refractivity contribution in [2.45, 2.75) is 45.8 Å². The summed E-state index contributed by atoms with van der Waals surface area (Å²) in [5.74, 6) is -0.216. The third kappa shape index (κ3) is 3.51. The summed E-state index contributed by atoms with van der Waals surface area (Å²) in [5.41, 5.74) is -1.69. The number of anilines is 1. The molecule has 0 aromatic carbocycles. The first-order chi connectivity index (χ1) is 9.60. The van der Waals surface area contributed by atoms with E-state index in [-0.39, 0.29) is 5.91 Å². The molecule has 1 fully saturated rings. The molecule has 0 bridgehead atoms. The van der Waals surface area contributed by atoms with Gasteiger partial charge in [-0.25, -0.2) is 9.37 Å². The average Bonchev–Trinajstić information content (AvgIpc) is 2.81. The first kappa shape index (κ1) is 16.1. The van der Waals surface area contributed by atoms with Crippen LogP contribution < -0.4 is 5.32 Å². The van der Waals surface area contributed by atoms with Crippen molar-refractivity contribution in [3.05, 3.63) is 16.8 Å². The van der Waals surface area contributed by atoms with E-state index in [4.69, 9.17) is 9.31 Å². The van der Waals surface area contributed by atoms with Gasteiger partial charge in [0.05, 0.1) is 16.1 Å². The van der Waals surface area contributed by atoms with Crippen LogP contribution in [0.2, 0.25) is 0 Å². The Kier molecular flexibility index (Phi) is 4.23. The molecule has 2 heterocycles. The van der Waals surface area contributed by atoms with E-state index in [0.717, 1.165) is 0 Å². The molecule has 0 unspecified atom stereocenters. The molecule has 21 heavy (non-hydrogen) atoms. The fourth-order valence-electron chi connectivity index (χ4n) is 1.72. The van der Waals surface area contributed by atoms with Gasteiger partial charge in [-0.3, -0.25) is 4.79 Å². The number of aromatic nitrogens is 1. The smallest absolute Gasteiger partial charge is 0.398 e. The first-order valence-electron chi connectivity index (χ1n) is 6.57. The standard InChI is InChI=1S/C13H18BFN2O3S/c1-8(18)17-11-16-7-9(21-11)6-10(15)14-19-12(2,3)13(4,5)20-14/h6-7H,1-5H3,(H,16,17,18). The highest BCUT2D eigenvalue weighted by atomic mass is 32.1. The van der Waals surface area contributed by atoms with E-state index in [1.807, 2.05) is 27.7 Å². The van der Waals surface area contributed by atoms with E-state index in [2.05, 4.69) is 10.3 Å². The summed E-state index contributed by atoms with van der Waals surface area (Å²) in [6, 6.07) is 0. The molecule has 0 radical (unpaired) electrons. The van der Waals surface area contributed by atoms with Gasteiger partial charge in [0.25, 0.3) is 0 Å². The number of thiazole rings is 1. The third-order valence-corrected chi connectivity index (χ3v) is 4.42. The fraction of sp³-hybridized carbons (Fsp3) is 0.538. The minimum Gasteiger partial charge on any atom is -0.398 e. The molecule has 8 heteroatoms. The summed E-state index contributed by atoms with van der Waals surface area (Å²) in [6.45, 7) is 8.84. The van der Waals surface area contributed by atoms with Crippen LogP contribution in [-0.4, -0.2) is 29.2 Å². The molecule has 0 aliphatic carbocycles. The minimum absolute atomic E-state index is 0.216. The second-order valence-electron chi connectivity index (χ2n) is 5.87. The lowest BCUT2D eigenvalue weighted by molar-refractivity contribution is -0.114. The topological polar surface area (TPSA) is 60.5 Å². The number of amides is 1. The Bertz CT molecular complexity index is 570. The van der Waals surface area contributed by atoms with Gasteiger partial charge in [0.15, 0.2) is 5.13 Å². The Morgan fingerprint density at radius 1 is 1.38 bits per heavy atom. The molecule has 0 saturated carbocycles. The fourth-order valence-corrected chi connectivity index (χ4v) is 2.52. The van der Waals surface area contributed by atoms with Gasteiger partial charge in [-0.2, -0.15) is 0 Å². The number of carbonyl (C=O) groups excluding carboxylic acids is 1. The molecule has 1 saturated heterocycles. The van der Waals surface area contributed by atoms with Crippen molar-refractivity contribution in [3.63, 3.8) is 0 Å². The summed E-state index contributed by atoms with van der Waals surface area (Å²) < 4.78 is 25.5. The number of rotatable bonds is 3. The number of nitrogens with zero attached hydrogens (tertiary/aromatic N) is 1. The zero-order chi connectivity index (χ0) is 15.8. The van der Waals surface area contributed by atoms with Gasteiger partial charge >= 0.3 is 7.12 Å². The highest BCUT2D eigenvalue weighted by Crippen LogP contribution is 2.39. The predicted octanol–water partition coefficient (Wildman–Crippen LogP) is 3.04. The van der Waals surface area contributed by atoms with Crippen molar-refractivity contribution < 1.29 is 18.5 Å². The van der Waals surface area contributed by atoms with Gasteiger partial charge in [0, 0.05) is 13.1 Å². The summed E-state index contributed by atoms with van der Waals surface area (Å²) in [7, 11) is -1.03. The zero-order valence-corrected chi connectivity index (χ0v) is 13.5. The summed E-state index contributed by atoms with van der Waals surface area (Å²) in [6.07, 6.45) is 2.80. The molecule has 0 atom stereocenters. The SMILES string of the molecule is CC(=O)Nc1ncc(C=C(F)B2OC(C)(C)C(C)(C)O2)s1. The van der Waals surface area contributed by atoms with Crippen LogP contribution in [0, 0.1) is 0 Å². The van der Waals surface area contributed by atoms with Gasteiger partial charge < -0.3 is 14.6 Å². The summed E-state index contributed by atoms with van der Waals surface area (Å²) in [4.78, 5) is 15.5. The van der Waals surface area contributed by atoms with Crippen LogP contribution in [0.3, 0.4) is 0 Å². The molecule has 5 nitrogen and oxygen atoms in total. The minimum atomic E-state index is -1.03. The molecule has 0 spiro atoms. The molecule has 1 amide bonds. The second-order valence-corrected chi connectivity index (χ2v) is 6.93. The van der Waals surface area contributed by atoms with Crippen molar-refractivity contribution in [1.29, 1.82) is 0 Å². The monoisotopic (exact) mass is 312 g/mol. The van der Waals surface area contributed by atoms with Crippen LogP contribution >= 0.6 is 11.3 Å². The number of hydrogen-bond donors (Lipinski definition) is 1. The largest absolute Gasteiger partial charge is 0.525 e. The summed E-state index contributed by atoms with van der Waals surface area (Å²) in [5, 5.41) is 2.97. The maximum absolute atomic E-state index is 14.3. The van der Waals surface area contributed by atoms with Crippen molar-refractivity contribution in [3.8, 4) is 0 Å². The normalized spacial score (nSPS) is 20.7. The van der Waals surface area contributed by atoms with Gasteiger partial charge in [-0.15, -0.1) is 0 Å². The number of nitrogens with one attached hydrogen (secondary N) is 1. The van der Waals surface area contributed by atoms with Crippen LogP contribution in [0.25, 0.3) is 6.08 Å². The zero-order valence-electron chi connectivity index (χ0n) is 12.7. The van der Waals surface area contributed by atoms with Gasteiger partial charge in [0.1, 0.15) is 5.73 Å². The highest BCUT2D eigenvalue weighted by Gasteiger charge is 2.53. The Morgan fingerprint density at radius 3 is 2.48 bits per heavy atom. The van der Waals surface area contributed by atoms with Crippen LogP contribution in [0.5, 0.6) is 0 Å². The van der Waals surface area contributed by atoms with E-state index < -0.39 is 24.0 Å². The Labute approximate surface area is 127 Å². The lowest BCUT2D eigenvalue weighted by atomic mass is 9.87. The molecule has 1 aromatic rings. The van der Waals surface area contributed by atoms with Gasteiger partial charge in [-0.1, -0.05) is 11.3 Å². The highest BCUT2D eigenvalue weighted by molar-refractivity contribution is 7.16. The average molecular weight is 312 g/mol. The number of hydrogen-bond acceptors (Lipinski definition) is 5. The van der Waals surface area contributed by atoms with Gasteiger partial charge in [0.2, 0.25) is 5.91 Å². The lowest BCUT2D eigenvalue weighted by Gasteiger charge is -2.32. The van der Waals surface area contributed by atoms with Crippen molar-refractivity contribution in [1.82, 2.24) is 4.98 Å². The maximum Gasteiger partial charge on any atom is 0.525 e. The van der Waals surface area contributed by atoms with Crippen LogP contribution in [0.1, 0.15) is 39.5 Å². The molecular formula is C13H18BFN2O3S. The van der Waals surface area contributed by atoms with Crippen LogP contribution in [-0.2, 0) is 14.1 Å². The predicted molar refractivity (Wildman–Crippen MR) is 81.6 cm³/mol. The Hall–Kier alpha value is -1.25. The van der Waals surface area contributed by atoms with Crippen LogP contribution in [0.15, 0.2) is 11.9 Å². The Balaban J connectivity index is 2.12.